The third-order valence-electron chi connectivity index (χ3n) is 3.88. The Balaban J connectivity index is 2.19. The van der Waals surface area contributed by atoms with Crippen molar-refractivity contribution < 1.29 is 9.90 Å². The molecule has 0 aliphatic carbocycles. The van der Waals surface area contributed by atoms with Crippen LogP contribution in [0.1, 0.15) is 31.9 Å². The number of aromatic nitrogens is 2. The van der Waals surface area contributed by atoms with Gasteiger partial charge in [-0.15, -0.1) is 0 Å². The van der Waals surface area contributed by atoms with E-state index in [2.05, 4.69) is 5.10 Å². The fourth-order valence-corrected chi connectivity index (χ4v) is 2.42. The van der Waals surface area contributed by atoms with Crippen LogP contribution < -0.4 is 0 Å². The molecule has 0 aliphatic rings. The quantitative estimate of drug-likeness (QED) is 0.887. The molecule has 1 N–H and O–H groups in total. The Kier molecular flexibility index (Phi) is 4.75. The lowest BCUT2D eigenvalue weighted by Crippen LogP contribution is -2.39. The van der Waals surface area contributed by atoms with Crippen molar-refractivity contribution in [1.29, 1.82) is 0 Å². The first-order chi connectivity index (χ1) is 10.0. The molecule has 0 radical (unpaired) electrons. The zero-order valence-corrected chi connectivity index (χ0v) is 12.6. The summed E-state index contributed by atoms with van der Waals surface area (Å²) in [5.74, 6) is -0.790. The van der Waals surface area contributed by atoms with Crippen LogP contribution in [0.3, 0.4) is 0 Å². The minimum atomic E-state index is -0.790. The molecule has 2 rings (SSSR count). The monoisotopic (exact) mass is 287 g/mol. The first-order valence-electron chi connectivity index (χ1n) is 7.09. The number of carboxylic acid groups (broad SMARTS) is 1. The molecule has 0 aliphatic heterocycles. The molecule has 0 saturated heterocycles. The van der Waals surface area contributed by atoms with E-state index in [4.69, 9.17) is 0 Å². The topological polar surface area (TPSA) is 58.4 Å². The van der Waals surface area contributed by atoms with Gasteiger partial charge in [0, 0.05) is 17.8 Å². The second kappa shape index (κ2) is 6.54. The Morgan fingerprint density at radius 2 is 2.05 bits per heavy atom. The predicted molar refractivity (Wildman–Crippen MR) is 81.5 cm³/mol. The van der Waals surface area contributed by atoms with Gasteiger partial charge in [-0.05, 0) is 32.5 Å². The molecule has 0 bridgehead atoms. The molecule has 2 atom stereocenters. The molecular weight excluding hydrogens is 266 g/mol. The molecule has 5 heteroatoms. The van der Waals surface area contributed by atoms with Gasteiger partial charge in [-0.3, -0.25) is 9.69 Å². The lowest BCUT2D eigenvalue weighted by Gasteiger charge is -2.29. The number of aliphatic carboxylic acids is 1. The van der Waals surface area contributed by atoms with Gasteiger partial charge in [-0.1, -0.05) is 25.1 Å². The summed E-state index contributed by atoms with van der Waals surface area (Å²) in [7, 11) is 1.84. The van der Waals surface area contributed by atoms with Crippen molar-refractivity contribution in [2.75, 3.05) is 7.05 Å². The first kappa shape index (κ1) is 15.3. The highest BCUT2D eigenvalue weighted by molar-refractivity contribution is 5.73. The summed E-state index contributed by atoms with van der Waals surface area (Å²) >= 11 is 0. The highest BCUT2D eigenvalue weighted by Gasteiger charge is 2.26. The second-order valence-electron chi connectivity index (χ2n) is 5.16. The van der Waals surface area contributed by atoms with Crippen LogP contribution >= 0.6 is 0 Å². The van der Waals surface area contributed by atoms with Crippen LogP contribution in [0.2, 0.25) is 0 Å². The number of hydrogen-bond acceptors (Lipinski definition) is 3. The van der Waals surface area contributed by atoms with Crippen molar-refractivity contribution in [3.8, 4) is 5.69 Å². The van der Waals surface area contributed by atoms with Crippen LogP contribution in [-0.4, -0.2) is 38.8 Å². The Morgan fingerprint density at radius 3 is 2.62 bits per heavy atom. The number of hydrogen-bond donors (Lipinski definition) is 1. The number of para-hydroxylation sites is 1. The van der Waals surface area contributed by atoms with Crippen LogP contribution in [0, 0.1) is 0 Å². The third kappa shape index (κ3) is 3.31. The van der Waals surface area contributed by atoms with Gasteiger partial charge in [0.2, 0.25) is 0 Å². The van der Waals surface area contributed by atoms with E-state index < -0.39 is 12.0 Å². The van der Waals surface area contributed by atoms with Crippen molar-refractivity contribution in [2.45, 2.75) is 32.4 Å². The van der Waals surface area contributed by atoms with Gasteiger partial charge < -0.3 is 5.11 Å². The van der Waals surface area contributed by atoms with E-state index in [9.17, 15) is 9.90 Å². The Morgan fingerprint density at radius 1 is 1.38 bits per heavy atom. The molecule has 2 aromatic rings. The standard InChI is InChI=1S/C16H21N3O2/c1-4-15(16(20)21)18(3)12(2)13-10-17-19(11-13)14-8-6-5-7-9-14/h5-12,15H,4H2,1-3H3,(H,20,21). The molecule has 21 heavy (non-hydrogen) atoms. The summed E-state index contributed by atoms with van der Waals surface area (Å²) < 4.78 is 1.81. The Bertz CT molecular complexity index is 595. The zero-order chi connectivity index (χ0) is 15.4. The number of likely N-dealkylation sites (N-methyl/N-ethyl adjacent to an activating group) is 1. The number of benzene rings is 1. The number of rotatable bonds is 6. The third-order valence-corrected chi connectivity index (χ3v) is 3.88. The van der Waals surface area contributed by atoms with Gasteiger partial charge in [-0.25, -0.2) is 4.68 Å². The molecule has 1 heterocycles. The molecule has 0 amide bonds. The first-order valence-corrected chi connectivity index (χ1v) is 7.09. The lowest BCUT2D eigenvalue weighted by molar-refractivity contribution is -0.143. The number of carboxylic acids is 1. The summed E-state index contributed by atoms with van der Waals surface area (Å²) in [4.78, 5) is 13.1. The van der Waals surface area contributed by atoms with Crippen molar-refractivity contribution in [1.82, 2.24) is 14.7 Å². The van der Waals surface area contributed by atoms with Crippen molar-refractivity contribution in [2.24, 2.45) is 0 Å². The van der Waals surface area contributed by atoms with Gasteiger partial charge in [0.15, 0.2) is 0 Å². The van der Waals surface area contributed by atoms with Gasteiger partial charge in [0.1, 0.15) is 6.04 Å². The van der Waals surface area contributed by atoms with Crippen LogP contribution in [0.4, 0.5) is 0 Å². The SMILES string of the molecule is CCC(C(=O)O)N(C)C(C)c1cnn(-c2ccccc2)c1. The molecule has 5 nitrogen and oxygen atoms in total. The predicted octanol–water partition coefficient (Wildman–Crippen LogP) is 2.73. The van der Waals surface area contributed by atoms with E-state index in [0.29, 0.717) is 6.42 Å². The number of nitrogens with zero attached hydrogens (tertiary/aromatic N) is 3. The normalized spacial score (nSPS) is 14.1. The van der Waals surface area contributed by atoms with E-state index in [1.807, 2.05) is 62.3 Å². The highest BCUT2D eigenvalue weighted by atomic mass is 16.4. The average molecular weight is 287 g/mol. The minimum Gasteiger partial charge on any atom is -0.480 e. The summed E-state index contributed by atoms with van der Waals surface area (Å²) in [6.07, 6.45) is 4.32. The molecule has 2 unspecified atom stereocenters. The molecule has 1 aromatic carbocycles. The molecule has 1 aromatic heterocycles. The largest absolute Gasteiger partial charge is 0.480 e. The fourth-order valence-electron chi connectivity index (χ4n) is 2.42. The van der Waals surface area contributed by atoms with Crippen molar-refractivity contribution >= 4 is 5.97 Å². The fraction of sp³-hybridized carbons (Fsp3) is 0.375. The van der Waals surface area contributed by atoms with E-state index >= 15 is 0 Å². The zero-order valence-electron chi connectivity index (χ0n) is 12.6. The Labute approximate surface area is 124 Å². The van der Waals surface area contributed by atoms with Gasteiger partial charge in [0.05, 0.1) is 11.9 Å². The summed E-state index contributed by atoms with van der Waals surface area (Å²) in [5, 5.41) is 13.6. The minimum absolute atomic E-state index is 0.0106. The van der Waals surface area contributed by atoms with E-state index in [1.165, 1.54) is 0 Å². The van der Waals surface area contributed by atoms with Crippen molar-refractivity contribution in [3.63, 3.8) is 0 Å². The van der Waals surface area contributed by atoms with Crippen LogP contribution in [0.5, 0.6) is 0 Å². The van der Waals surface area contributed by atoms with Gasteiger partial charge >= 0.3 is 5.97 Å². The number of carbonyl (C=O) groups is 1. The van der Waals surface area contributed by atoms with E-state index in [0.717, 1.165) is 11.3 Å². The summed E-state index contributed by atoms with van der Waals surface area (Å²) in [6.45, 7) is 3.88. The second-order valence-corrected chi connectivity index (χ2v) is 5.16. The van der Waals surface area contributed by atoms with Crippen LogP contribution in [-0.2, 0) is 4.79 Å². The smallest absolute Gasteiger partial charge is 0.320 e. The lowest BCUT2D eigenvalue weighted by atomic mass is 10.1. The van der Waals surface area contributed by atoms with Gasteiger partial charge in [0.25, 0.3) is 0 Å². The molecule has 0 fully saturated rings. The van der Waals surface area contributed by atoms with Crippen LogP contribution in [0.25, 0.3) is 5.69 Å². The van der Waals surface area contributed by atoms with Crippen molar-refractivity contribution in [3.05, 3.63) is 48.3 Å². The molecular formula is C16H21N3O2. The Hall–Kier alpha value is -2.14. The summed E-state index contributed by atoms with van der Waals surface area (Å²) in [5.41, 5.74) is 1.99. The van der Waals surface area contributed by atoms with Crippen LogP contribution in [0.15, 0.2) is 42.7 Å². The average Bonchev–Trinajstić information content (AvgIpc) is 2.97. The highest BCUT2D eigenvalue weighted by Crippen LogP contribution is 2.22. The van der Waals surface area contributed by atoms with Gasteiger partial charge in [-0.2, -0.15) is 5.10 Å². The molecule has 0 spiro atoms. The van der Waals surface area contributed by atoms with E-state index in [1.54, 1.807) is 10.9 Å². The maximum absolute atomic E-state index is 11.3. The maximum atomic E-state index is 11.3. The van der Waals surface area contributed by atoms with E-state index in [-0.39, 0.29) is 6.04 Å². The summed E-state index contributed by atoms with van der Waals surface area (Å²) in [6, 6.07) is 9.36. The maximum Gasteiger partial charge on any atom is 0.320 e. The molecule has 0 saturated carbocycles. The molecule has 112 valence electrons.